The van der Waals surface area contributed by atoms with Crippen molar-refractivity contribution in [3.63, 3.8) is 0 Å². The Morgan fingerprint density at radius 1 is 1.11 bits per heavy atom. The Morgan fingerprint density at radius 2 is 1.68 bits per heavy atom. The molecule has 2 aromatic carbocycles. The highest BCUT2D eigenvalue weighted by Crippen LogP contribution is 2.39. The van der Waals surface area contributed by atoms with Crippen LogP contribution in [0, 0.1) is 35.9 Å². The number of hydrogen-bond donors (Lipinski definition) is 0. The lowest BCUT2D eigenvalue weighted by molar-refractivity contribution is 0.575. The first kappa shape index (κ1) is 23.1. The number of nitriles is 1. The van der Waals surface area contributed by atoms with E-state index in [4.69, 9.17) is 5.26 Å². The molecule has 28 heavy (non-hydrogen) atoms. The molecule has 2 aromatic rings. The molecule has 0 fully saturated rings. The molecule has 3 unspecified atom stereocenters. The monoisotopic (exact) mass is 375 g/mol. The first-order valence-electron chi connectivity index (χ1n) is 9.51. The molecule has 0 aliphatic carbocycles. The second-order valence-corrected chi connectivity index (χ2v) is 6.88. The van der Waals surface area contributed by atoms with Gasteiger partial charge in [0, 0.05) is 11.8 Å². The van der Waals surface area contributed by atoms with Crippen LogP contribution in [0.4, 0.5) is 4.39 Å². The highest BCUT2D eigenvalue weighted by atomic mass is 19.1. The van der Waals surface area contributed by atoms with Gasteiger partial charge in [-0.15, -0.1) is 6.58 Å². The lowest BCUT2D eigenvalue weighted by Gasteiger charge is -2.30. The van der Waals surface area contributed by atoms with Crippen molar-refractivity contribution in [1.29, 1.82) is 5.26 Å². The second kappa shape index (κ2) is 11.7. The SMILES string of the molecule is C=CC(c1ccccc1)C(C(=C)CC)C(=C)C(C)C#N.Cc1ccc(F)cc1. The first-order valence-corrected chi connectivity index (χ1v) is 9.51. The van der Waals surface area contributed by atoms with Gasteiger partial charge in [-0.3, -0.25) is 0 Å². The summed E-state index contributed by atoms with van der Waals surface area (Å²) in [5, 5.41) is 9.17. The predicted octanol–water partition coefficient (Wildman–Crippen LogP) is 7.39. The minimum atomic E-state index is -0.186. The number of nitrogens with zero attached hydrogens (tertiary/aromatic N) is 1. The summed E-state index contributed by atoms with van der Waals surface area (Å²) in [7, 11) is 0. The molecule has 3 atom stereocenters. The molecule has 0 N–H and O–H groups in total. The van der Waals surface area contributed by atoms with Crippen molar-refractivity contribution < 1.29 is 4.39 Å². The minimum absolute atomic E-state index is 0.0644. The van der Waals surface area contributed by atoms with E-state index in [1.54, 1.807) is 12.1 Å². The number of aryl methyl sites for hydroxylation is 1. The molecule has 2 rings (SSSR count). The van der Waals surface area contributed by atoms with Crippen LogP contribution in [0.1, 0.15) is 37.3 Å². The summed E-state index contributed by atoms with van der Waals surface area (Å²) in [6, 6.07) is 18.9. The van der Waals surface area contributed by atoms with Crippen LogP contribution < -0.4 is 0 Å². The van der Waals surface area contributed by atoms with Gasteiger partial charge in [0.25, 0.3) is 0 Å². The molecule has 0 heterocycles. The molecule has 146 valence electrons. The van der Waals surface area contributed by atoms with Gasteiger partial charge in [-0.2, -0.15) is 5.26 Å². The molecule has 2 heteroatoms. The van der Waals surface area contributed by atoms with E-state index < -0.39 is 0 Å². The lowest BCUT2D eigenvalue weighted by atomic mass is 9.74. The molecular formula is C26H30FN. The van der Waals surface area contributed by atoms with Crippen LogP contribution in [-0.2, 0) is 0 Å². The fourth-order valence-electron chi connectivity index (χ4n) is 2.99. The van der Waals surface area contributed by atoms with Gasteiger partial charge in [-0.1, -0.05) is 85.3 Å². The first-order chi connectivity index (χ1) is 13.3. The van der Waals surface area contributed by atoms with Crippen molar-refractivity contribution in [3.8, 4) is 6.07 Å². The summed E-state index contributed by atoms with van der Waals surface area (Å²) in [6.07, 6.45) is 2.81. The van der Waals surface area contributed by atoms with Crippen LogP contribution in [0.2, 0.25) is 0 Å². The van der Waals surface area contributed by atoms with E-state index in [1.165, 1.54) is 17.7 Å². The Labute approximate surface area is 169 Å². The molecule has 0 saturated heterocycles. The molecule has 1 nitrogen and oxygen atoms in total. The van der Waals surface area contributed by atoms with Gasteiger partial charge < -0.3 is 0 Å². The topological polar surface area (TPSA) is 23.8 Å². The summed E-state index contributed by atoms with van der Waals surface area (Å²) in [4.78, 5) is 0. The third-order valence-corrected chi connectivity index (χ3v) is 4.85. The quantitative estimate of drug-likeness (QED) is 0.463. The number of halogens is 1. The molecule has 0 aromatic heterocycles. The van der Waals surface area contributed by atoms with Gasteiger partial charge in [-0.25, -0.2) is 4.39 Å². The van der Waals surface area contributed by atoms with Crippen LogP contribution >= 0.6 is 0 Å². The minimum Gasteiger partial charge on any atom is -0.207 e. The number of allylic oxidation sites excluding steroid dienone is 3. The maximum absolute atomic E-state index is 12.1. The van der Waals surface area contributed by atoms with Gasteiger partial charge >= 0.3 is 0 Å². The van der Waals surface area contributed by atoms with Crippen molar-refractivity contribution in [3.05, 3.63) is 109 Å². The summed E-state index contributed by atoms with van der Waals surface area (Å²) < 4.78 is 12.1. The molecular weight excluding hydrogens is 345 g/mol. The highest BCUT2D eigenvalue weighted by Gasteiger charge is 2.27. The Kier molecular flexibility index (Phi) is 9.68. The summed E-state index contributed by atoms with van der Waals surface area (Å²) >= 11 is 0. The van der Waals surface area contributed by atoms with E-state index in [1.807, 2.05) is 38.1 Å². The third kappa shape index (κ3) is 6.67. The third-order valence-electron chi connectivity index (χ3n) is 4.85. The van der Waals surface area contributed by atoms with Crippen LogP contribution in [0.5, 0.6) is 0 Å². The molecule has 0 saturated carbocycles. The summed E-state index contributed by atoms with van der Waals surface area (Å²) in [5.74, 6) is -0.174. The van der Waals surface area contributed by atoms with E-state index in [2.05, 4.69) is 44.9 Å². The fourth-order valence-corrected chi connectivity index (χ4v) is 2.99. The Morgan fingerprint density at radius 3 is 2.11 bits per heavy atom. The largest absolute Gasteiger partial charge is 0.207 e. The van der Waals surface area contributed by atoms with E-state index >= 15 is 0 Å². The van der Waals surface area contributed by atoms with Crippen LogP contribution in [-0.4, -0.2) is 0 Å². The van der Waals surface area contributed by atoms with Gasteiger partial charge in [0.15, 0.2) is 0 Å². The highest BCUT2D eigenvalue weighted by molar-refractivity contribution is 5.34. The van der Waals surface area contributed by atoms with Crippen molar-refractivity contribution in [1.82, 2.24) is 0 Å². The summed E-state index contributed by atoms with van der Waals surface area (Å²) in [5.41, 5.74) is 4.30. The second-order valence-electron chi connectivity index (χ2n) is 6.88. The van der Waals surface area contributed by atoms with Crippen molar-refractivity contribution >= 4 is 0 Å². The smallest absolute Gasteiger partial charge is 0.123 e. The maximum Gasteiger partial charge on any atom is 0.123 e. The summed E-state index contributed by atoms with van der Waals surface area (Å²) in [6.45, 7) is 18.2. The zero-order chi connectivity index (χ0) is 21.1. The Bertz CT molecular complexity index is 791. The number of rotatable bonds is 7. The average molecular weight is 376 g/mol. The van der Waals surface area contributed by atoms with Crippen molar-refractivity contribution in [2.75, 3.05) is 0 Å². The molecule has 0 aliphatic rings. The predicted molar refractivity (Wildman–Crippen MR) is 117 cm³/mol. The van der Waals surface area contributed by atoms with Gasteiger partial charge in [0.2, 0.25) is 0 Å². The molecule has 0 spiro atoms. The maximum atomic E-state index is 12.1. The normalized spacial score (nSPS) is 13.1. The lowest BCUT2D eigenvalue weighted by Crippen LogP contribution is -2.18. The van der Waals surface area contributed by atoms with Gasteiger partial charge in [0.05, 0.1) is 12.0 Å². The molecule has 0 aliphatic heterocycles. The molecule has 0 bridgehead atoms. The Hall–Kier alpha value is -2.92. The Balaban J connectivity index is 0.000000406. The average Bonchev–Trinajstić information content (AvgIpc) is 2.73. The van der Waals surface area contributed by atoms with Gasteiger partial charge in [-0.05, 0) is 38.0 Å². The fraction of sp³-hybridized carbons (Fsp3) is 0.269. The van der Waals surface area contributed by atoms with Crippen molar-refractivity contribution in [2.45, 2.75) is 33.1 Å². The van der Waals surface area contributed by atoms with E-state index in [-0.39, 0.29) is 23.6 Å². The van der Waals surface area contributed by atoms with Crippen LogP contribution in [0.15, 0.2) is 91.6 Å². The molecule has 0 radical (unpaired) electrons. The zero-order valence-electron chi connectivity index (χ0n) is 17.2. The zero-order valence-corrected chi connectivity index (χ0v) is 17.2. The van der Waals surface area contributed by atoms with E-state index in [0.29, 0.717) is 0 Å². The number of hydrogen-bond acceptors (Lipinski definition) is 1. The standard InChI is InChI=1S/C19H23N.C7H7F/c1-6-14(3)19(16(5)15(4)13-20)18(7-2)17-11-9-8-10-12-17;1-6-2-4-7(8)5-3-6/h7-12,15,18-19H,2-3,5-6H2,1,4H3;2-5H,1H3. The van der Waals surface area contributed by atoms with E-state index in [9.17, 15) is 4.39 Å². The number of benzene rings is 2. The molecule has 0 amide bonds. The van der Waals surface area contributed by atoms with E-state index in [0.717, 1.165) is 23.1 Å². The van der Waals surface area contributed by atoms with Crippen LogP contribution in [0.25, 0.3) is 0 Å². The van der Waals surface area contributed by atoms with Crippen LogP contribution in [0.3, 0.4) is 0 Å². The van der Waals surface area contributed by atoms with Crippen molar-refractivity contribution in [2.24, 2.45) is 11.8 Å². The van der Waals surface area contributed by atoms with Gasteiger partial charge in [0.1, 0.15) is 5.82 Å².